The molecule has 25 heavy (non-hydrogen) atoms. The van der Waals surface area contributed by atoms with Crippen molar-refractivity contribution in [2.45, 2.75) is 76.8 Å². The Balaban J connectivity index is 2.37. The molecule has 6 nitrogen and oxygen atoms in total. The monoisotopic (exact) mass is 391 g/mol. The van der Waals surface area contributed by atoms with Crippen LogP contribution in [-0.2, 0) is 30.7 Å². The van der Waals surface area contributed by atoms with Crippen LogP contribution >= 0.6 is 6.85 Å². The van der Waals surface area contributed by atoms with Crippen LogP contribution in [0.25, 0.3) is 0 Å². The molecule has 1 saturated heterocycles. The van der Waals surface area contributed by atoms with Crippen LogP contribution in [0.2, 0.25) is 0 Å². The molecule has 0 radical (unpaired) electrons. The van der Waals surface area contributed by atoms with Gasteiger partial charge in [-0.15, -0.1) is 0 Å². The molecule has 0 unspecified atom stereocenters. The number of aliphatic hydroxyl groups excluding tert-OH is 2. The second-order valence-corrected chi connectivity index (χ2v) is 7.67. The molecule has 1 aliphatic rings. The van der Waals surface area contributed by atoms with E-state index >= 15 is 0 Å². The maximum atomic E-state index is 11.4. The number of hydrogen-bond acceptors (Lipinski definition) is 7. The van der Waals surface area contributed by atoms with Gasteiger partial charge in [-0.25, -0.2) is 0 Å². The molecule has 1 heterocycles. The van der Waals surface area contributed by atoms with Gasteiger partial charge in [0.25, 0.3) is 0 Å². The van der Waals surface area contributed by atoms with Crippen LogP contribution in [0.5, 0.6) is 0 Å². The minimum atomic E-state index is -0.811. The van der Waals surface area contributed by atoms with Crippen molar-refractivity contribution < 1.29 is 29.1 Å². The molecule has 5 atom stereocenters. The van der Waals surface area contributed by atoms with Gasteiger partial charge in [0.2, 0.25) is 0 Å². The summed E-state index contributed by atoms with van der Waals surface area (Å²) in [6.07, 6.45) is 1.58. The minimum absolute atomic E-state index is 0.0408. The summed E-state index contributed by atoms with van der Waals surface area (Å²) < 4.78 is 16.2. The quantitative estimate of drug-likeness (QED) is 0.241. The number of hydrogen-bond donors (Lipinski definition) is 2. The summed E-state index contributed by atoms with van der Waals surface area (Å²) in [4.78, 5) is 11.4. The van der Waals surface area contributed by atoms with Gasteiger partial charge < -0.3 is 4.74 Å². The van der Waals surface area contributed by atoms with Crippen LogP contribution in [0.1, 0.15) is 52.4 Å². The average molecular weight is 391 g/mol. The Bertz CT molecular complexity index is 448. The number of carbonyl (C=O) groups excluding carboxylic acids is 1. The Morgan fingerprint density at radius 1 is 1.40 bits per heavy atom. The first kappa shape index (κ1) is 23.1. The van der Waals surface area contributed by atoms with Gasteiger partial charge >= 0.3 is 133 Å². The molecule has 0 aromatic carbocycles. The van der Waals surface area contributed by atoms with E-state index in [2.05, 4.69) is 6.92 Å². The molecule has 0 saturated carbocycles. The Kier molecular flexibility index (Phi) is 12.2. The molecule has 9 heteroatoms. The Morgan fingerprint density at radius 2 is 2.08 bits per heavy atom. The number of rotatable bonds is 11. The van der Waals surface area contributed by atoms with Crippen molar-refractivity contribution in [3.8, 4) is 0 Å². The van der Waals surface area contributed by atoms with E-state index in [1.54, 1.807) is 13.7 Å². The summed E-state index contributed by atoms with van der Waals surface area (Å²) in [7, 11) is 0. The van der Waals surface area contributed by atoms with Gasteiger partial charge in [-0.2, -0.15) is 0 Å². The molecule has 1 fully saturated rings. The van der Waals surface area contributed by atoms with Crippen molar-refractivity contribution in [1.82, 2.24) is 0 Å². The van der Waals surface area contributed by atoms with Crippen LogP contribution < -0.4 is 0 Å². The standard InChI is InChI=1S/C16H29BO6PS/c1-3-21-16(20)10-13(19)9-15-8-12(18)7-14(23-15)6-11(2)4-5-22-17-24-25/h11-15,18-19H,3-10H2,1-2H3/q+1/t11-,12-,13+,14+,15+/m0/s1. The van der Waals surface area contributed by atoms with Crippen LogP contribution in [0, 0.1) is 5.92 Å². The number of ether oxygens (including phenoxy) is 2. The van der Waals surface area contributed by atoms with Gasteiger partial charge in [0.05, 0.1) is 6.61 Å². The van der Waals surface area contributed by atoms with E-state index in [0.717, 1.165) is 12.8 Å². The van der Waals surface area contributed by atoms with Gasteiger partial charge in [0.1, 0.15) is 0 Å². The Labute approximate surface area is 156 Å². The van der Waals surface area contributed by atoms with Crippen molar-refractivity contribution >= 4 is 31.4 Å². The summed E-state index contributed by atoms with van der Waals surface area (Å²) >= 11 is 4.76. The van der Waals surface area contributed by atoms with E-state index in [4.69, 9.17) is 25.9 Å². The van der Waals surface area contributed by atoms with Gasteiger partial charge in [-0.05, 0) is 6.92 Å². The first-order valence-corrected chi connectivity index (χ1v) is 10.8. The van der Waals surface area contributed by atoms with E-state index in [9.17, 15) is 15.0 Å². The predicted octanol–water partition coefficient (Wildman–Crippen LogP) is 1.97. The molecule has 0 aromatic heterocycles. The first-order valence-electron chi connectivity index (χ1n) is 8.87. The molecule has 2 N–H and O–H groups in total. The third-order valence-corrected chi connectivity index (χ3v) is 4.70. The van der Waals surface area contributed by atoms with Gasteiger partial charge in [-0.1, -0.05) is 0 Å². The van der Waals surface area contributed by atoms with E-state index in [1.165, 1.54) is 0 Å². The van der Waals surface area contributed by atoms with Crippen LogP contribution in [0.15, 0.2) is 0 Å². The predicted molar refractivity (Wildman–Crippen MR) is 100 cm³/mol. The molecule has 1 rings (SSSR count). The van der Waals surface area contributed by atoms with Gasteiger partial charge in [-0.3, -0.25) is 4.79 Å². The molecular formula is C16H29BO6PS+. The Hall–Kier alpha value is 0.0249. The summed E-state index contributed by atoms with van der Waals surface area (Å²) in [5, 5.41) is 20.1. The summed E-state index contributed by atoms with van der Waals surface area (Å²) in [5.41, 5.74) is 0. The molecule has 1 aliphatic heterocycles. The average Bonchev–Trinajstić information content (AvgIpc) is 2.50. The number of aliphatic hydroxyl groups is 2. The maximum absolute atomic E-state index is 11.4. The third kappa shape index (κ3) is 10.7. The summed E-state index contributed by atoms with van der Waals surface area (Å²) in [6, 6.07) is 0. The van der Waals surface area contributed by atoms with Crippen molar-refractivity contribution in [3.63, 3.8) is 0 Å². The van der Waals surface area contributed by atoms with E-state index in [1.807, 2.05) is 0 Å². The van der Waals surface area contributed by atoms with E-state index in [0.29, 0.717) is 45.2 Å². The molecule has 0 amide bonds. The summed E-state index contributed by atoms with van der Waals surface area (Å²) in [5.74, 6) is -0.0117. The molecule has 0 bridgehead atoms. The van der Waals surface area contributed by atoms with Crippen molar-refractivity contribution in [2.75, 3.05) is 13.2 Å². The second-order valence-electron chi connectivity index (χ2n) is 6.62. The van der Waals surface area contributed by atoms with Crippen molar-refractivity contribution in [3.05, 3.63) is 0 Å². The first-order chi connectivity index (χ1) is 11.9. The summed E-state index contributed by atoms with van der Waals surface area (Å²) in [6.45, 7) is 7.09. The normalized spacial score (nSPS) is 25.7. The molecule has 142 valence electrons. The topological polar surface area (TPSA) is 85.2 Å². The molecule has 0 aliphatic carbocycles. The van der Waals surface area contributed by atoms with Crippen LogP contribution in [0.3, 0.4) is 0 Å². The zero-order valence-electron chi connectivity index (χ0n) is 15.0. The molecular weight excluding hydrogens is 362 g/mol. The fourth-order valence-corrected chi connectivity index (χ4v) is 3.46. The van der Waals surface area contributed by atoms with E-state index < -0.39 is 18.2 Å². The fourth-order valence-electron chi connectivity index (χ4n) is 3.11. The number of carbonyl (C=O) groups is 1. The van der Waals surface area contributed by atoms with E-state index in [-0.39, 0.29) is 18.6 Å². The van der Waals surface area contributed by atoms with Gasteiger partial charge in [0, 0.05) is 0 Å². The van der Waals surface area contributed by atoms with Gasteiger partial charge in [0.15, 0.2) is 0 Å². The number of esters is 1. The van der Waals surface area contributed by atoms with Crippen molar-refractivity contribution in [1.29, 1.82) is 0 Å². The third-order valence-electron chi connectivity index (χ3n) is 4.21. The zero-order chi connectivity index (χ0) is 18.7. The van der Waals surface area contributed by atoms with Crippen LogP contribution in [0.4, 0.5) is 0 Å². The zero-order valence-corrected chi connectivity index (χ0v) is 16.7. The molecule has 0 aromatic rings. The second kappa shape index (κ2) is 13.2. The van der Waals surface area contributed by atoms with Crippen LogP contribution in [-0.4, -0.2) is 60.6 Å². The Morgan fingerprint density at radius 3 is 2.72 bits per heavy atom. The molecule has 0 spiro atoms. The fraction of sp³-hybridized carbons (Fsp3) is 0.938. The van der Waals surface area contributed by atoms with Crippen molar-refractivity contribution in [2.24, 2.45) is 5.92 Å². The SMILES string of the molecule is CCOC(=O)C[C@H](O)C[C@H]1C[C@@H](O)C[C@@H](C[C@@H](C)CCOB=[P+]=S)O1.